The van der Waals surface area contributed by atoms with Gasteiger partial charge in [-0.3, -0.25) is 0 Å². The van der Waals surface area contributed by atoms with Gasteiger partial charge in [-0.25, -0.2) is 9.18 Å². The quantitative estimate of drug-likeness (QED) is 0.756. The first-order valence-corrected chi connectivity index (χ1v) is 5.13. The van der Waals surface area contributed by atoms with E-state index in [1.54, 1.807) is 13.0 Å². The summed E-state index contributed by atoms with van der Waals surface area (Å²) in [6.45, 7) is 7.42. The van der Waals surface area contributed by atoms with Crippen LogP contribution >= 0.6 is 0 Å². The van der Waals surface area contributed by atoms with Crippen LogP contribution < -0.4 is 10.6 Å². The minimum Gasteiger partial charge on any atom is -0.333 e. The van der Waals surface area contributed by atoms with Crippen LogP contribution in [0.25, 0.3) is 0 Å². The molecule has 2 amide bonds. The summed E-state index contributed by atoms with van der Waals surface area (Å²) in [5.74, 6) is -0.306. The number of urea groups is 1. The summed E-state index contributed by atoms with van der Waals surface area (Å²) in [6, 6.07) is 3.96. The first-order chi connectivity index (χ1) is 7.28. The summed E-state index contributed by atoms with van der Waals surface area (Å²) in [4.78, 5) is 11.5. The third-order valence-electron chi connectivity index (χ3n) is 1.93. The molecule has 0 atom stereocenters. The first kappa shape index (κ1) is 12.5. The molecule has 0 saturated carbocycles. The van der Waals surface area contributed by atoms with E-state index in [4.69, 9.17) is 0 Å². The second-order valence-electron chi connectivity index (χ2n) is 4.79. The molecule has 1 aromatic rings. The van der Waals surface area contributed by atoms with Gasteiger partial charge < -0.3 is 10.6 Å². The fraction of sp³-hybridized carbons (Fsp3) is 0.417. The highest BCUT2D eigenvalue weighted by Gasteiger charge is 2.14. The number of amides is 2. The van der Waals surface area contributed by atoms with Crippen molar-refractivity contribution in [2.24, 2.45) is 0 Å². The molecule has 0 spiro atoms. The molecule has 0 aliphatic carbocycles. The molecule has 88 valence electrons. The molecule has 0 aliphatic rings. The SMILES string of the molecule is Cc1cc(F)ccc1NC(=O)NC(C)(C)C. The van der Waals surface area contributed by atoms with Gasteiger partial charge in [-0.15, -0.1) is 0 Å². The third kappa shape index (κ3) is 3.88. The van der Waals surface area contributed by atoms with Crippen LogP contribution in [0.1, 0.15) is 26.3 Å². The highest BCUT2D eigenvalue weighted by atomic mass is 19.1. The largest absolute Gasteiger partial charge is 0.333 e. The first-order valence-electron chi connectivity index (χ1n) is 5.13. The van der Waals surface area contributed by atoms with E-state index in [2.05, 4.69) is 10.6 Å². The van der Waals surface area contributed by atoms with Crippen LogP contribution in [0.15, 0.2) is 18.2 Å². The molecule has 16 heavy (non-hydrogen) atoms. The molecule has 0 aliphatic heterocycles. The number of benzene rings is 1. The lowest BCUT2D eigenvalue weighted by molar-refractivity contribution is 0.244. The Morgan fingerprint density at radius 1 is 1.31 bits per heavy atom. The molecule has 3 nitrogen and oxygen atoms in total. The lowest BCUT2D eigenvalue weighted by Gasteiger charge is -2.21. The van der Waals surface area contributed by atoms with Gasteiger partial charge >= 0.3 is 6.03 Å². The van der Waals surface area contributed by atoms with Crippen LogP contribution in [-0.4, -0.2) is 11.6 Å². The average molecular weight is 224 g/mol. The van der Waals surface area contributed by atoms with Crippen molar-refractivity contribution in [3.63, 3.8) is 0 Å². The molecule has 1 rings (SSSR count). The predicted molar refractivity (Wildman–Crippen MR) is 63.0 cm³/mol. The molecular weight excluding hydrogens is 207 g/mol. The van der Waals surface area contributed by atoms with Crippen LogP contribution in [0.3, 0.4) is 0 Å². The number of aryl methyl sites for hydroxylation is 1. The van der Waals surface area contributed by atoms with Gasteiger partial charge in [-0.1, -0.05) is 0 Å². The Labute approximate surface area is 95.0 Å². The second-order valence-corrected chi connectivity index (χ2v) is 4.79. The van der Waals surface area contributed by atoms with Crippen molar-refractivity contribution in [3.05, 3.63) is 29.6 Å². The molecule has 0 heterocycles. The van der Waals surface area contributed by atoms with E-state index >= 15 is 0 Å². The normalized spacial score (nSPS) is 11.1. The minimum absolute atomic E-state index is 0.290. The summed E-state index contributed by atoms with van der Waals surface area (Å²) >= 11 is 0. The van der Waals surface area contributed by atoms with Crippen molar-refractivity contribution in [3.8, 4) is 0 Å². The van der Waals surface area contributed by atoms with Crippen LogP contribution in [0.2, 0.25) is 0 Å². The van der Waals surface area contributed by atoms with E-state index < -0.39 is 0 Å². The Bertz CT molecular complexity index is 396. The molecule has 0 bridgehead atoms. The monoisotopic (exact) mass is 224 g/mol. The Kier molecular flexibility index (Phi) is 3.52. The van der Waals surface area contributed by atoms with E-state index in [0.29, 0.717) is 11.3 Å². The van der Waals surface area contributed by atoms with Gasteiger partial charge in [0, 0.05) is 11.2 Å². The van der Waals surface area contributed by atoms with Crippen LogP contribution in [0, 0.1) is 12.7 Å². The highest BCUT2D eigenvalue weighted by Crippen LogP contribution is 2.15. The van der Waals surface area contributed by atoms with Crippen molar-refractivity contribution in [2.75, 3.05) is 5.32 Å². The number of halogens is 1. The topological polar surface area (TPSA) is 41.1 Å². The van der Waals surface area contributed by atoms with Crippen molar-refractivity contribution in [1.29, 1.82) is 0 Å². The molecule has 4 heteroatoms. The average Bonchev–Trinajstić information content (AvgIpc) is 2.06. The molecule has 0 aromatic heterocycles. The zero-order chi connectivity index (χ0) is 12.3. The van der Waals surface area contributed by atoms with Gasteiger partial charge in [-0.05, 0) is 51.5 Å². The molecule has 0 fully saturated rings. The minimum atomic E-state index is -0.306. The standard InChI is InChI=1S/C12H17FN2O/c1-8-7-9(13)5-6-10(8)14-11(16)15-12(2,3)4/h5-7H,1-4H3,(H2,14,15,16). The van der Waals surface area contributed by atoms with E-state index in [1.807, 2.05) is 20.8 Å². The summed E-state index contributed by atoms with van der Waals surface area (Å²) in [5, 5.41) is 5.44. The Hall–Kier alpha value is -1.58. The van der Waals surface area contributed by atoms with Gasteiger partial charge in [0.05, 0.1) is 0 Å². The summed E-state index contributed by atoms with van der Waals surface area (Å²) in [5.41, 5.74) is 1.02. The highest BCUT2D eigenvalue weighted by molar-refractivity contribution is 5.90. The number of hydrogen-bond donors (Lipinski definition) is 2. The molecule has 0 unspecified atom stereocenters. The lowest BCUT2D eigenvalue weighted by Crippen LogP contribution is -2.43. The number of nitrogens with one attached hydrogen (secondary N) is 2. The number of carbonyl (C=O) groups is 1. The van der Waals surface area contributed by atoms with Gasteiger partial charge in [0.1, 0.15) is 5.82 Å². The third-order valence-corrected chi connectivity index (χ3v) is 1.93. The van der Waals surface area contributed by atoms with E-state index in [-0.39, 0.29) is 17.4 Å². The zero-order valence-corrected chi connectivity index (χ0v) is 10.0. The number of anilines is 1. The van der Waals surface area contributed by atoms with Gasteiger partial charge in [0.25, 0.3) is 0 Å². The number of hydrogen-bond acceptors (Lipinski definition) is 1. The van der Waals surface area contributed by atoms with Crippen LogP contribution in [0.4, 0.5) is 14.9 Å². The van der Waals surface area contributed by atoms with Crippen molar-refractivity contribution >= 4 is 11.7 Å². The van der Waals surface area contributed by atoms with Crippen LogP contribution in [0.5, 0.6) is 0 Å². The molecule has 0 radical (unpaired) electrons. The van der Waals surface area contributed by atoms with Crippen LogP contribution in [-0.2, 0) is 0 Å². The predicted octanol–water partition coefficient (Wildman–Crippen LogP) is 3.05. The molecular formula is C12H17FN2O. The van der Waals surface area contributed by atoms with Gasteiger partial charge in [0.15, 0.2) is 0 Å². The van der Waals surface area contributed by atoms with Crippen molar-refractivity contribution in [1.82, 2.24) is 5.32 Å². The molecule has 2 N–H and O–H groups in total. The fourth-order valence-electron chi connectivity index (χ4n) is 1.26. The smallest absolute Gasteiger partial charge is 0.319 e. The summed E-state index contributed by atoms with van der Waals surface area (Å²) < 4.78 is 12.8. The van der Waals surface area contributed by atoms with E-state index in [9.17, 15) is 9.18 Å². The molecule has 1 aromatic carbocycles. The maximum Gasteiger partial charge on any atom is 0.319 e. The summed E-state index contributed by atoms with van der Waals surface area (Å²) in [7, 11) is 0. The number of rotatable bonds is 1. The zero-order valence-electron chi connectivity index (χ0n) is 10.0. The molecule has 0 saturated heterocycles. The Balaban J connectivity index is 2.70. The van der Waals surface area contributed by atoms with E-state index in [1.165, 1.54) is 12.1 Å². The second kappa shape index (κ2) is 4.51. The van der Waals surface area contributed by atoms with Crippen molar-refractivity contribution < 1.29 is 9.18 Å². The fourth-order valence-corrected chi connectivity index (χ4v) is 1.26. The van der Waals surface area contributed by atoms with Gasteiger partial charge in [0.2, 0.25) is 0 Å². The maximum atomic E-state index is 12.8. The van der Waals surface area contributed by atoms with Crippen molar-refractivity contribution in [2.45, 2.75) is 33.2 Å². The van der Waals surface area contributed by atoms with Gasteiger partial charge in [-0.2, -0.15) is 0 Å². The number of carbonyl (C=O) groups excluding carboxylic acids is 1. The Morgan fingerprint density at radius 3 is 2.44 bits per heavy atom. The maximum absolute atomic E-state index is 12.8. The Morgan fingerprint density at radius 2 is 1.94 bits per heavy atom. The van der Waals surface area contributed by atoms with E-state index in [0.717, 1.165) is 0 Å². The summed E-state index contributed by atoms with van der Waals surface area (Å²) in [6.07, 6.45) is 0. The lowest BCUT2D eigenvalue weighted by atomic mass is 10.1.